The van der Waals surface area contributed by atoms with Crippen molar-refractivity contribution >= 4 is 5.96 Å². The predicted molar refractivity (Wildman–Crippen MR) is 69.1 cm³/mol. The smallest absolute Gasteiger partial charge is 0.188 e. The van der Waals surface area contributed by atoms with E-state index in [1.165, 1.54) is 0 Å². The molecule has 3 N–H and O–H groups in total. The van der Waals surface area contributed by atoms with Gasteiger partial charge in [0.05, 0.1) is 18.8 Å². The third-order valence-electron chi connectivity index (χ3n) is 4.18. The van der Waals surface area contributed by atoms with Crippen LogP contribution in [0.25, 0.3) is 0 Å². The Morgan fingerprint density at radius 1 is 1.41 bits per heavy atom. The van der Waals surface area contributed by atoms with Gasteiger partial charge in [0.15, 0.2) is 5.96 Å². The summed E-state index contributed by atoms with van der Waals surface area (Å²) in [4.78, 5) is 4.19. The van der Waals surface area contributed by atoms with E-state index in [1.54, 1.807) is 14.2 Å². The first kappa shape index (κ1) is 14.3. The number of nitrogens with one attached hydrogen (secondary N) is 1. The molecule has 0 bridgehead atoms. The van der Waals surface area contributed by atoms with E-state index in [2.05, 4.69) is 31.1 Å². The topological polar surface area (TPSA) is 68.9 Å². The van der Waals surface area contributed by atoms with E-state index in [4.69, 9.17) is 15.2 Å². The van der Waals surface area contributed by atoms with E-state index < -0.39 is 0 Å². The summed E-state index contributed by atoms with van der Waals surface area (Å²) in [5.74, 6) is 0.485. The van der Waals surface area contributed by atoms with Crippen molar-refractivity contribution < 1.29 is 9.47 Å². The van der Waals surface area contributed by atoms with Crippen molar-refractivity contribution in [3.63, 3.8) is 0 Å². The summed E-state index contributed by atoms with van der Waals surface area (Å²) in [5, 5.41) is 3.25. The minimum atomic E-state index is -0.0858. The van der Waals surface area contributed by atoms with Gasteiger partial charge in [-0.25, -0.2) is 0 Å². The highest BCUT2D eigenvalue weighted by Crippen LogP contribution is 2.51. The van der Waals surface area contributed by atoms with Gasteiger partial charge in [0.25, 0.3) is 0 Å². The Balaban J connectivity index is 2.48. The van der Waals surface area contributed by atoms with Gasteiger partial charge in [-0.2, -0.15) is 0 Å². The molecular weight excluding hydrogens is 218 g/mol. The molecule has 0 saturated heterocycles. The fraction of sp³-hybridized carbons (Fsp3) is 0.917. The van der Waals surface area contributed by atoms with Crippen LogP contribution in [0.2, 0.25) is 0 Å². The second kappa shape index (κ2) is 5.23. The van der Waals surface area contributed by atoms with Gasteiger partial charge in [-0.1, -0.05) is 13.8 Å². The Labute approximate surface area is 104 Å². The molecule has 2 atom stereocenters. The van der Waals surface area contributed by atoms with Gasteiger partial charge in [0, 0.05) is 25.7 Å². The van der Waals surface area contributed by atoms with Crippen molar-refractivity contribution in [3.05, 3.63) is 0 Å². The zero-order chi connectivity index (χ0) is 13.1. The molecule has 17 heavy (non-hydrogen) atoms. The number of methoxy groups -OCH3 is 2. The molecule has 0 amide bonds. The SMILES string of the molecule is COCCN=C(N)NC1CC(C)(OC)C1(C)C. The molecule has 5 nitrogen and oxygen atoms in total. The maximum absolute atomic E-state index is 5.82. The van der Waals surface area contributed by atoms with Crippen LogP contribution in [-0.2, 0) is 9.47 Å². The lowest BCUT2D eigenvalue weighted by Crippen LogP contribution is -2.69. The first-order valence-corrected chi connectivity index (χ1v) is 5.98. The second-order valence-electron chi connectivity index (χ2n) is 5.32. The van der Waals surface area contributed by atoms with Gasteiger partial charge in [0.1, 0.15) is 0 Å². The van der Waals surface area contributed by atoms with Crippen LogP contribution in [-0.4, -0.2) is 45.0 Å². The quantitative estimate of drug-likeness (QED) is 0.424. The Morgan fingerprint density at radius 3 is 2.53 bits per heavy atom. The number of guanidine groups is 1. The van der Waals surface area contributed by atoms with Crippen molar-refractivity contribution in [3.8, 4) is 0 Å². The maximum atomic E-state index is 5.82. The maximum Gasteiger partial charge on any atom is 0.188 e. The van der Waals surface area contributed by atoms with Crippen molar-refractivity contribution in [1.82, 2.24) is 5.32 Å². The third kappa shape index (κ3) is 2.72. The molecule has 5 heteroatoms. The number of nitrogens with zero attached hydrogens (tertiary/aromatic N) is 1. The monoisotopic (exact) mass is 243 g/mol. The summed E-state index contributed by atoms with van der Waals surface area (Å²) < 4.78 is 10.5. The van der Waals surface area contributed by atoms with Crippen LogP contribution >= 0.6 is 0 Å². The van der Waals surface area contributed by atoms with Crippen LogP contribution in [0.15, 0.2) is 4.99 Å². The van der Waals surface area contributed by atoms with Crippen molar-refractivity contribution in [2.45, 2.75) is 38.8 Å². The second-order valence-corrected chi connectivity index (χ2v) is 5.32. The van der Waals surface area contributed by atoms with Crippen LogP contribution in [0.4, 0.5) is 0 Å². The lowest BCUT2D eigenvalue weighted by molar-refractivity contribution is -0.176. The predicted octanol–water partition coefficient (Wildman–Crippen LogP) is 0.741. The molecule has 1 aliphatic rings. The van der Waals surface area contributed by atoms with Crippen molar-refractivity contribution in [2.24, 2.45) is 16.1 Å². The number of hydrogen-bond acceptors (Lipinski definition) is 3. The molecular formula is C12H25N3O2. The largest absolute Gasteiger partial charge is 0.383 e. The standard InChI is InChI=1S/C12H25N3O2/c1-11(2)9(8-12(11,3)17-5)15-10(13)14-6-7-16-4/h9H,6-8H2,1-5H3,(H3,13,14,15). The zero-order valence-corrected chi connectivity index (χ0v) is 11.5. The number of ether oxygens (including phenoxy) is 2. The minimum absolute atomic E-state index is 0.0448. The Kier molecular flexibility index (Phi) is 4.38. The molecule has 1 aliphatic carbocycles. The molecule has 0 heterocycles. The molecule has 0 aromatic heterocycles. The fourth-order valence-corrected chi connectivity index (χ4v) is 2.20. The van der Waals surface area contributed by atoms with Crippen molar-refractivity contribution in [1.29, 1.82) is 0 Å². The summed E-state index contributed by atoms with van der Waals surface area (Å²) >= 11 is 0. The van der Waals surface area contributed by atoms with Crippen LogP contribution in [0.1, 0.15) is 27.2 Å². The Hall–Kier alpha value is -0.810. The summed E-state index contributed by atoms with van der Waals surface area (Å²) in [6.45, 7) is 7.67. The van der Waals surface area contributed by atoms with E-state index >= 15 is 0 Å². The molecule has 100 valence electrons. The zero-order valence-electron chi connectivity index (χ0n) is 11.5. The molecule has 0 aromatic rings. The van der Waals surface area contributed by atoms with E-state index in [1.807, 2.05) is 0 Å². The first-order valence-electron chi connectivity index (χ1n) is 5.98. The number of aliphatic imine (C=N–C) groups is 1. The summed E-state index contributed by atoms with van der Waals surface area (Å²) in [7, 11) is 3.41. The average Bonchev–Trinajstić information content (AvgIpc) is 2.28. The van der Waals surface area contributed by atoms with E-state index in [9.17, 15) is 0 Å². The number of rotatable bonds is 5. The molecule has 1 fully saturated rings. The summed E-state index contributed by atoms with van der Waals surface area (Å²) in [6.07, 6.45) is 0.941. The third-order valence-corrected chi connectivity index (χ3v) is 4.18. The number of nitrogens with two attached hydrogens (primary N) is 1. The van der Waals surface area contributed by atoms with Crippen LogP contribution in [0.5, 0.6) is 0 Å². The van der Waals surface area contributed by atoms with Gasteiger partial charge >= 0.3 is 0 Å². The minimum Gasteiger partial charge on any atom is -0.383 e. The molecule has 1 saturated carbocycles. The van der Waals surface area contributed by atoms with Crippen LogP contribution in [0, 0.1) is 5.41 Å². The van der Waals surface area contributed by atoms with E-state index in [-0.39, 0.29) is 11.0 Å². The van der Waals surface area contributed by atoms with Crippen LogP contribution in [0.3, 0.4) is 0 Å². The Morgan fingerprint density at radius 2 is 2.06 bits per heavy atom. The molecule has 2 unspecified atom stereocenters. The molecule has 0 radical (unpaired) electrons. The molecule has 0 aliphatic heterocycles. The normalized spacial score (nSPS) is 32.1. The van der Waals surface area contributed by atoms with E-state index in [0.29, 0.717) is 25.2 Å². The van der Waals surface area contributed by atoms with Gasteiger partial charge in [-0.3, -0.25) is 4.99 Å². The van der Waals surface area contributed by atoms with Gasteiger partial charge in [-0.05, 0) is 13.3 Å². The highest BCUT2D eigenvalue weighted by atomic mass is 16.5. The lowest BCUT2D eigenvalue weighted by atomic mass is 9.56. The van der Waals surface area contributed by atoms with Gasteiger partial charge < -0.3 is 20.5 Å². The fourth-order valence-electron chi connectivity index (χ4n) is 2.20. The Bertz CT molecular complexity index is 291. The molecule has 0 aromatic carbocycles. The first-order chi connectivity index (χ1) is 7.87. The van der Waals surface area contributed by atoms with Gasteiger partial charge in [-0.15, -0.1) is 0 Å². The summed E-state index contributed by atoms with van der Waals surface area (Å²) in [5.41, 5.74) is 5.78. The van der Waals surface area contributed by atoms with Crippen LogP contribution < -0.4 is 11.1 Å². The average molecular weight is 243 g/mol. The lowest BCUT2D eigenvalue weighted by Gasteiger charge is -2.59. The van der Waals surface area contributed by atoms with E-state index in [0.717, 1.165) is 6.42 Å². The highest BCUT2D eigenvalue weighted by Gasteiger charge is 2.57. The molecule has 1 rings (SSSR count). The highest BCUT2D eigenvalue weighted by molar-refractivity contribution is 5.78. The van der Waals surface area contributed by atoms with Gasteiger partial charge in [0.2, 0.25) is 0 Å². The summed E-state index contributed by atoms with van der Waals surface area (Å²) in [6, 6.07) is 0.304. The van der Waals surface area contributed by atoms with Crippen molar-refractivity contribution in [2.75, 3.05) is 27.4 Å². The molecule has 0 spiro atoms. The number of hydrogen-bond donors (Lipinski definition) is 2.